The maximum absolute atomic E-state index is 11.1. The van der Waals surface area contributed by atoms with Gasteiger partial charge in [0.05, 0.1) is 6.10 Å². The molecule has 0 amide bonds. The first-order valence-corrected chi connectivity index (χ1v) is 6.58. The lowest BCUT2D eigenvalue weighted by atomic mass is 10.1. The first-order chi connectivity index (χ1) is 8.07. The number of unbranched alkanes of at least 4 members (excludes halogenated alkanes) is 5. The van der Waals surface area contributed by atoms with Crippen LogP contribution in [0.4, 0.5) is 0 Å². The Bertz CT molecular complexity index is 224. The predicted molar refractivity (Wildman–Crippen MR) is 69.8 cm³/mol. The predicted octanol–water partition coefficient (Wildman–Crippen LogP) is 3.22. The lowest BCUT2D eigenvalue weighted by Crippen LogP contribution is -2.18. The summed E-state index contributed by atoms with van der Waals surface area (Å²) in [5.41, 5.74) is 0.372. The van der Waals surface area contributed by atoms with Crippen LogP contribution in [0.5, 0.6) is 0 Å². The average molecular weight is 242 g/mol. The Morgan fingerprint density at radius 1 is 1.24 bits per heavy atom. The van der Waals surface area contributed by atoms with Crippen molar-refractivity contribution in [1.82, 2.24) is 0 Å². The molecule has 0 bridgehead atoms. The molecule has 0 fully saturated rings. The van der Waals surface area contributed by atoms with Crippen molar-refractivity contribution in [3.63, 3.8) is 0 Å². The number of hydrogen-bond donors (Lipinski definition) is 1. The Hall–Kier alpha value is -0.830. The molecule has 3 heteroatoms. The van der Waals surface area contributed by atoms with Crippen molar-refractivity contribution in [1.29, 1.82) is 0 Å². The minimum absolute atomic E-state index is 0.0840. The van der Waals surface area contributed by atoms with Gasteiger partial charge in [-0.15, -0.1) is 0 Å². The van der Waals surface area contributed by atoms with Crippen LogP contribution in [0.15, 0.2) is 12.2 Å². The van der Waals surface area contributed by atoms with E-state index < -0.39 is 12.1 Å². The van der Waals surface area contributed by atoms with Gasteiger partial charge in [0.1, 0.15) is 6.61 Å². The normalized spacial score (nSPS) is 12.2. The molecule has 3 nitrogen and oxygen atoms in total. The van der Waals surface area contributed by atoms with Gasteiger partial charge < -0.3 is 9.84 Å². The lowest BCUT2D eigenvalue weighted by molar-refractivity contribution is -0.142. The first kappa shape index (κ1) is 16.2. The van der Waals surface area contributed by atoms with E-state index in [4.69, 9.17) is 4.74 Å². The van der Waals surface area contributed by atoms with Gasteiger partial charge >= 0.3 is 5.97 Å². The van der Waals surface area contributed by atoms with Crippen molar-refractivity contribution in [2.24, 2.45) is 0 Å². The Morgan fingerprint density at radius 3 is 2.41 bits per heavy atom. The fraction of sp³-hybridized carbons (Fsp3) is 0.786. The molecule has 0 saturated heterocycles. The molecule has 0 rings (SSSR count). The molecule has 0 aliphatic carbocycles. The number of ether oxygens (including phenoxy) is 1. The standard InChI is InChI=1S/C14H26O3/c1-4-5-6-7-8-9-10-13(15)11-17-14(16)12(2)3/h13,15H,2,4-11H2,1,3H3. The van der Waals surface area contributed by atoms with Crippen molar-refractivity contribution < 1.29 is 14.6 Å². The number of esters is 1. The van der Waals surface area contributed by atoms with Gasteiger partial charge in [-0.2, -0.15) is 0 Å². The number of aliphatic hydroxyl groups is 1. The third-order valence-electron chi connectivity index (χ3n) is 2.65. The molecular weight excluding hydrogens is 216 g/mol. The van der Waals surface area contributed by atoms with Crippen LogP contribution in [-0.2, 0) is 9.53 Å². The fourth-order valence-electron chi connectivity index (χ4n) is 1.54. The molecule has 0 radical (unpaired) electrons. The highest BCUT2D eigenvalue weighted by molar-refractivity contribution is 5.86. The van der Waals surface area contributed by atoms with Gasteiger partial charge in [0.25, 0.3) is 0 Å². The molecule has 0 aliphatic rings. The second-order valence-corrected chi connectivity index (χ2v) is 4.59. The van der Waals surface area contributed by atoms with Gasteiger partial charge in [0, 0.05) is 5.57 Å². The van der Waals surface area contributed by atoms with Crippen molar-refractivity contribution >= 4 is 5.97 Å². The molecule has 1 unspecified atom stereocenters. The zero-order valence-electron chi connectivity index (χ0n) is 11.2. The maximum atomic E-state index is 11.1. The van der Waals surface area contributed by atoms with Crippen LogP contribution in [0.1, 0.15) is 58.8 Å². The minimum atomic E-state index is -0.538. The molecule has 0 heterocycles. The summed E-state index contributed by atoms with van der Waals surface area (Å²) in [4.78, 5) is 11.1. The third-order valence-corrected chi connectivity index (χ3v) is 2.65. The fourth-order valence-corrected chi connectivity index (χ4v) is 1.54. The lowest BCUT2D eigenvalue weighted by Gasteiger charge is -2.11. The molecule has 0 saturated carbocycles. The van der Waals surface area contributed by atoms with E-state index in [1.807, 2.05) is 0 Å². The highest BCUT2D eigenvalue weighted by atomic mass is 16.5. The minimum Gasteiger partial charge on any atom is -0.460 e. The maximum Gasteiger partial charge on any atom is 0.333 e. The zero-order chi connectivity index (χ0) is 13.1. The van der Waals surface area contributed by atoms with E-state index >= 15 is 0 Å². The van der Waals surface area contributed by atoms with Crippen LogP contribution in [0.2, 0.25) is 0 Å². The molecule has 1 atom stereocenters. The van der Waals surface area contributed by atoms with E-state index in [0.717, 1.165) is 12.8 Å². The number of carbonyl (C=O) groups excluding carboxylic acids is 1. The van der Waals surface area contributed by atoms with Gasteiger partial charge in [-0.05, 0) is 13.3 Å². The summed E-state index contributed by atoms with van der Waals surface area (Å²) in [6.07, 6.45) is 7.35. The van der Waals surface area contributed by atoms with E-state index in [9.17, 15) is 9.90 Å². The molecule has 0 aromatic carbocycles. The Morgan fingerprint density at radius 2 is 1.82 bits per heavy atom. The highest BCUT2D eigenvalue weighted by Crippen LogP contribution is 2.09. The summed E-state index contributed by atoms with van der Waals surface area (Å²) in [6, 6.07) is 0. The molecule has 17 heavy (non-hydrogen) atoms. The van der Waals surface area contributed by atoms with Crippen LogP contribution < -0.4 is 0 Å². The third kappa shape index (κ3) is 10.1. The summed E-state index contributed by atoms with van der Waals surface area (Å²) in [5, 5.41) is 9.58. The summed E-state index contributed by atoms with van der Waals surface area (Å²) in [5.74, 6) is -0.424. The van der Waals surface area contributed by atoms with Gasteiger partial charge in [-0.25, -0.2) is 4.79 Å². The summed E-state index contributed by atoms with van der Waals surface area (Å²) in [6.45, 7) is 7.36. The number of hydrogen-bond acceptors (Lipinski definition) is 3. The van der Waals surface area contributed by atoms with Crippen LogP contribution in [0.25, 0.3) is 0 Å². The molecule has 0 aromatic heterocycles. The van der Waals surface area contributed by atoms with Gasteiger partial charge in [0.15, 0.2) is 0 Å². The van der Waals surface area contributed by atoms with E-state index in [-0.39, 0.29) is 6.61 Å². The molecular formula is C14H26O3. The van der Waals surface area contributed by atoms with Gasteiger partial charge in [-0.3, -0.25) is 0 Å². The summed E-state index contributed by atoms with van der Waals surface area (Å²) < 4.78 is 4.87. The monoisotopic (exact) mass is 242 g/mol. The van der Waals surface area contributed by atoms with Crippen molar-refractivity contribution in [3.05, 3.63) is 12.2 Å². The molecule has 0 spiro atoms. The highest BCUT2D eigenvalue weighted by Gasteiger charge is 2.08. The number of aliphatic hydroxyl groups excluding tert-OH is 1. The number of rotatable bonds is 10. The SMILES string of the molecule is C=C(C)C(=O)OCC(O)CCCCCCCC. The second kappa shape index (κ2) is 10.3. The van der Waals surface area contributed by atoms with Gasteiger partial charge in [0.2, 0.25) is 0 Å². The van der Waals surface area contributed by atoms with E-state index in [2.05, 4.69) is 13.5 Å². The molecule has 0 aromatic rings. The Kier molecular flexibility index (Phi) is 9.83. The molecule has 100 valence electrons. The largest absolute Gasteiger partial charge is 0.460 e. The van der Waals surface area contributed by atoms with Crippen LogP contribution in [0, 0.1) is 0 Å². The van der Waals surface area contributed by atoms with Gasteiger partial charge in [-0.1, -0.05) is 52.0 Å². The van der Waals surface area contributed by atoms with Crippen LogP contribution in [-0.4, -0.2) is 23.8 Å². The quantitative estimate of drug-likeness (QED) is 0.363. The van der Waals surface area contributed by atoms with E-state index in [1.165, 1.54) is 25.7 Å². The zero-order valence-corrected chi connectivity index (χ0v) is 11.2. The Labute approximate surface area is 105 Å². The average Bonchev–Trinajstić information content (AvgIpc) is 2.30. The Balaban J connectivity index is 3.37. The van der Waals surface area contributed by atoms with Crippen LogP contribution >= 0.6 is 0 Å². The van der Waals surface area contributed by atoms with Crippen LogP contribution in [0.3, 0.4) is 0 Å². The van der Waals surface area contributed by atoms with Crippen molar-refractivity contribution in [2.75, 3.05) is 6.61 Å². The smallest absolute Gasteiger partial charge is 0.333 e. The second-order valence-electron chi connectivity index (χ2n) is 4.59. The molecule has 1 N–H and O–H groups in total. The first-order valence-electron chi connectivity index (χ1n) is 6.58. The molecule has 0 aliphatic heterocycles. The van der Waals surface area contributed by atoms with E-state index in [1.54, 1.807) is 6.92 Å². The van der Waals surface area contributed by atoms with Crippen molar-refractivity contribution in [2.45, 2.75) is 64.9 Å². The summed E-state index contributed by atoms with van der Waals surface area (Å²) >= 11 is 0. The summed E-state index contributed by atoms with van der Waals surface area (Å²) in [7, 11) is 0. The topological polar surface area (TPSA) is 46.5 Å². The van der Waals surface area contributed by atoms with Crippen molar-refractivity contribution in [3.8, 4) is 0 Å². The number of carbonyl (C=O) groups is 1. The van der Waals surface area contributed by atoms with E-state index in [0.29, 0.717) is 12.0 Å².